The van der Waals surface area contributed by atoms with Crippen LogP contribution in [0.25, 0.3) is 0 Å². The van der Waals surface area contributed by atoms with Gasteiger partial charge in [-0.3, -0.25) is 4.79 Å². The summed E-state index contributed by atoms with van der Waals surface area (Å²) in [5.41, 5.74) is 4.24. The number of hydrogen-bond donors (Lipinski definition) is 2. The maximum Gasteiger partial charge on any atom is 0.321 e. The molecular weight excluding hydrogens is 290 g/mol. The van der Waals surface area contributed by atoms with E-state index in [1.807, 2.05) is 20.8 Å². The predicted octanol–water partition coefficient (Wildman–Crippen LogP) is 2.37. The zero-order valence-electron chi connectivity index (χ0n) is 13.4. The molecule has 0 aliphatic carbocycles. The fourth-order valence-corrected chi connectivity index (χ4v) is 4.30. The molecule has 0 amide bonds. The van der Waals surface area contributed by atoms with Crippen molar-refractivity contribution in [3.63, 3.8) is 0 Å². The quantitative estimate of drug-likeness (QED) is 0.874. The molecule has 5 nitrogen and oxygen atoms in total. The van der Waals surface area contributed by atoms with Gasteiger partial charge in [-0.15, -0.1) is 0 Å². The van der Waals surface area contributed by atoms with Gasteiger partial charge in [-0.2, -0.15) is 4.72 Å². The number of aliphatic carboxylic acids is 1. The molecule has 21 heavy (non-hydrogen) atoms. The van der Waals surface area contributed by atoms with Crippen molar-refractivity contribution >= 4 is 16.0 Å². The highest BCUT2D eigenvalue weighted by Crippen LogP contribution is 2.29. The van der Waals surface area contributed by atoms with Crippen LogP contribution < -0.4 is 4.72 Å². The Bertz CT molecular complexity index is 648. The van der Waals surface area contributed by atoms with Crippen molar-refractivity contribution in [3.05, 3.63) is 27.8 Å². The minimum atomic E-state index is -3.87. The van der Waals surface area contributed by atoms with E-state index in [1.165, 1.54) is 0 Å². The molecule has 0 saturated carbocycles. The van der Waals surface area contributed by atoms with Gasteiger partial charge >= 0.3 is 5.97 Å². The first-order valence-electron chi connectivity index (χ1n) is 6.86. The Morgan fingerprint density at radius 3 is 1.71 bits per heavy atom. The van der Waals surface area contributed by atoms with Gasteiger partial charge in [-0.1, -0.05) is 6.92 Å². The van der Waals surface area contributed by atoms with Crippen LogP contribution >= 0.6 is 0 Å². The van der Waals surface area contributed by atoms with E-state index in [0.717, 1.165) is 16.7 Å². The van der Waals surface area contributed by atoms with E-state index >= 15 is 0 Å². The van der Waals surface area contributed by atoms with Crippen molar-refractivity contribution in [1.29, 1.82) is 0 Å². The van der Waals surface area contributed by atoms with E-state index < -0.39 is 22.0 Å². The van der Waals surface area contributed by atoms with Crippen LogP contribution in [0.4, 0.5) is 0 Å². The van der Waals surface area contributed by atoms with Gasteiger partial charge in [0.2, 0.25) is 10.0 Å². The molecule has 0 aliphatic heterocycles. The molecule has 0 radical (unpaired) electrons. The molecule has 1 rings (SSSR count). The monoisotopic (exact) mass is 313 g/mol. The van der Waals surface area contributed by atoms with Crippen LogP contribution in [-0.4, -0.2) is 25.5 Å². The molecule has 0 aromatic heterocycles. The van der Waals surface area contributed by atoms with Crippen molar-refractivity contribution in [2.75, 3.05) is 0 Å². The summed E-state index contributed by atoms with van der Waals surface area (Å²) in [5.74, 6) is -1.17. The maximum absolute atomic E-state index is 12.6. The molecule has 2 N–H and O–H groups in total. The molecule has 1 atom stereocenters. The molecule has 1 aromatic rings. The zero-order chi connectivity index (χ0) is 16.5. The van der Waals surface area contributed by atoms with Crippen molar-refractivity contribution in [1.82, 2.24) is 4.72 Å². The normalized spacial score (nSPS) is 13.2. The van der Waals surface area contributed by atoms with Crippen molar-refractivity contribution in [2.24, 2.45) is 0 Å². The molecule has 0 saturated heterocycles. The summed E-state index contributed by atoms with van der Waals surface area (Å²) >= 11 is 0. The van der Waals surface area contributed by atoms with Crippen LogP contribution in [0.2, 0.25) is 0 Å². The second-order valence-corrected chi connectivity index (χ2v) is 7.03. The SMILES string of the molecule is CC[C@@H](NS(=O)(=O)c1c(C)c(C)c(C)c(C)c1C)C(=O)O. The number of hydrogen-bond acceptors (Lipinski definition) is 3. The van der Waals surface area contributed by atoms with Crippen LogP contribution in [0.3, 0.4) is 0 Å². The summed E-state index contributed by atoms with van der Waals surface area (Å²) in [5, 5.41) is 9.05. The summed E-state index contributed by atoms with van der Waals surface area (Å²) in [7, 11) is -3.87. The third kappa shape index (κ3) is 3.27. The molecule has 118 valence electrons. The highest BCUT2D eigenvalue weighted by Gasteiger charge is 2.28. The number of rotatable bonds is 5. The number of nitrogens with one attached hydrogen (secondary N) is 1. The van der Waals surface area contributed by atoms with Gasteiger partial charge in [0.05, 0.1) is 4.90 Å². The lowest BCUT2D eigenvalue weighted by atomic mass is 9.95. The minimum absolute atomic E-state index is 0.191. The fourth-order valence-electron chi connectivity index (χ4n) is 2.42. The summed E-state index contributed by atoms with van der Waals surface area (Å²) in [6.07, 6.45) is 0.191. The first-order valence-corrected chi connectivity index (χ1v) is 8.35. The van der Waals surface area contributed by atoms with Crippen LogP contribution in [-0.2, 0) is 14.8 Å². The summed E-state index contributed by atoms with van der Waals surface area (Å²) < 4.78 is 27.5. The van der Waals surface area contributed by atoms with Gasteiger partial charge in [-0.05, 0) is 68.9 Å². The highest BCUT2D eigenvalue weighted by atomic mass is 32.2. The summed E-state index contributed by atoms with van der Waals surface area (Å²) in [4.78, 5) is 11.3. The summed E-state index contributed by atoms with van der Waals surface area (Å²) in [6.45, 7) is 10.9. The van der Waals surface area contributed by atoms with Gasteiger partial charge in [0.1, 0.15) is 6.04 Å². The number of sulfonamides is 1. The molecule has 0 fully saturated rings. The van der Waals surface area contributed by atoms with Gasteiger partial charge in [0.25, 0.3) is 0 Å². The Balaban J connectivity index is 3.50. The Morgan fingerprint density at radius 1 is 1.00 bits per heavy atom. The fraction of sp³-hybridized carbons (Fsp3) is 0.533. The largest absolute Gasteiger partial charge is 0.480 e. The number of benzene rings is 1. The van der Waals surface area contributed by atoms with Gasteiger partial charge in [-0.25, -0.2) is 8.42 Å². The van der Waals surface area contributed by atoms with E-state index in [1.54, 1.807) is 20.8 Å². The average Bonchev–Trinajstić information content (AvgIpc) is 2.40. The van der Waals surface area contributed by atoms with Crippen LogP contribution in [0.15, 0.2) is 4.90 Å². The first kappa shape index (κ1) is 17.7. The number of carbonyl (C=O) groups is 1. The maximum atomic E-state index is 12.6. The Morgan fingerprint density at radius 2 is 1.38 bits per heavy atom. The van der Waals surface area contributed by atoms with Crippen molar-refractivity contribution < 1.29 is 18.3 Å². The minimum Gasteiger partial charge on any atom is -0.480 e. The van der Waals surface area contributed by atoms with Crippen LogP contribution in [0.1, 0.15) is 41.2 Å². The topological polar surface area (TPSA) is 83.5 Å². The standard InChI is InChI=1S/C15H23NO4S/c1-7-13(15(17)18)16-21(19,20)14-11(5)9(3)8(2)10(4)12(14)6/h13,16H,7H2,1-6H3,(H,17,18)/t13-/m1/s1. The molecule has 1 aromatic carbocycles. The summed E-state index contributed by atoms with van der Waals surface area (Å²) in [6, 6.07) is -1.12. The van der Waals surface area contributed by atoms with Crippen LogP contribution in [0.5, 0.6) is 0 Å². The van der Waals surface area contributed by atoms with Crippen molar-refractivity contribution in [2.45, 2.75) is 58.9 Å². The van der Waals surface area contributed by atoms with E-state index in [9.17, 15) is 13.2 Å². The van der Waals surface area contributed by atoms with E-state index in [2.05, 4.69) is 4.72 Å². The molecule has 0 spiro atoms. The Hall–Kier alpha value is -1.40. The average molecular weight is 313 g/mol. The van der Waals surface area contributed by atoms with E-state index in [0.29, 0.717) is 11.1 Å². The van der Waals surface area contributed by atoms with Crippen LogP contribution in [0, 0.1) is 34.6 Å². The molecule has 6 heteroatoms. The third-order valence-corrected chi connectivity index (χ3v) is 5.95. The third-order valence-electron chi connectivity index (χ3n) is 4.20. The second kappa shape index (κ2) is 6.15. The van der Waals surface area contributed by atoms with Crippen molar-refractivity contribution in [3.8, 4) is 0 Å². The van der Waals surface area contributed by atoms with E-state index in [4.69, 9.17) is 5.11 Å². The second-order valence-electron chi connectivity index (χ2n) is 5.37. The number of carboxylic acid groups (broad SMARTS) is 1. The zero-order valence-corrected chi connectivity index (χ0v) is 14.2. The molecule has 0 aliphatic rings. The van der Waals surface area contributed by atoms with E-state index in [-0.39, 0.29) is 11.3 Å². The Kier molecular flexibility index (Phi) is 5.17. The molecular formula is C15H23NO4S. The lowest BCUT2D eigenvalue weighted by Crippen LogP contribution is -2.40. The number of carboxylic acids is 1. The van der Waals surface area contributed by atoms with Gasteiger partial charge in [0.15, 0.2) is 0 Å². The Labute approximate surface area is 126 Å². The smallest absolute Gasteiger partial charge is 0.321 e. The lowest BCUT2D eigenvalue weighted by molar-refractivity contribution is -0.139. The first-order chi connectivity index (χ1) is 9.54. The lowest BCUT2D eigenvalue weighted by Gasteiger charge is -2.20. The highest BCUT2D eigenvalue weighted by molar-refractivity contribution is 7.89. The van der Waals surface area contributed by atoms with Gasteiger partial charge < -0.3 is 5.11 Å². The molecule has 0 heterocycles. The predicted molar refractivity (Wildman–Crippen MR) is 82.2 cm³/mol. The molecule has 0 unspecified atom stereocenters. The molecule has 0 bridgehead atoms. The van der Waals surface area contributed by atoms with Gasteiger partial charge in [0, 0.05) is 0 Å².